The normalized spacial score (nSPS) is 14.5. The Balaban J connectivity index is 1.09. The van der Waals surface area contributed by atoms with Crippen molar-refractivity contribution >= 4 is 15.7 Å². The van der Waals surface area contributed by atoms with Crippen molar-refractivity contribution in [1.82, 2.24) is 4.83 Å². The van der Waals surface area contributed by atoms with Gasteiger partial charge in [-0.25, -0.2) is 0 Å². The van der Waals surface area contributed by atoms with Gasteiger partial charge in [0.2, 0.25) is 0 Å². The third-order valence-corrected chi connectivity index (χ3v) is 16.7. The fraction of sp³-hybridized carbons (Fsp3) is 0.306. The van der Waals surface area contributed by atoms with Crippen LogP contribution >= 0.6 is 0 Å². The van der Waals surface area contributed by atoms with Gasteiger partial charge in [-0.05, 0) is 147 Å². The largest absolute Gasteiger partial charge is 0.276 e. The van der Waals surface area contributed by atoms with Crippen molar-refractivity contribution in [3.63, 3.8) is 0 Å². The Morgan fingerprint density at radius 3 is 1.21 bits per heavy atom. The summed E-state index contributed by atoms with van der Waals surface area (Å²) in [4.78, 5) is 2.87. The molecule has 7 aromatic carbocycles. The lowest BCUT2D eigenvalue weighted by molar-refractivity contribution is 0.414. The third-order valence-electron chi connectivity index (χ3n) is 15.5. The Kier molecular flexibility index (Phi) is 12.2. The maximum atomic E-state index is 13.9. The first-order chi connectivity index (χ1) is 32.7. The summed E-state index contributed by atoms with van der Waals surface area (Å²) in [6, 6.07) is 52.6. The molecule has 3 aliphatic carbocycles. The number of nitrogens with zero attached hydrogens (tertiary/aromatic N) is 1. The van der Waals surface area contributed by atoms with Crippen LogP contribution in [0, 0.1) is 6.92 Å². The number of fused-ring (bicyclic) bond motifs is 9. The zero-order valence-electron chi connectivity index (χ0n) is 40.0. The van der Waals surface area contributed by atoms with Gasteiger partial charge in [0.25, 0.3) is 10.0 Å². The molecule has 5 heteroatoms. The van der Waals surface area contributed by atoms with Crippen LogP contribution in [0.4, 0.5) is 0 Å². The van der Waals surface area contributed by atoms with E-state index in [0.29, 0.717) is 5.71 Å². The highest BCUT2D eigenvalue weighted by atomic mass is 32.2. The van der Waals surface area contributed by atoms with Crippen molar-refractivity contribution in [1.29, 1.82) is 0 Å². The Morgan fingerprint density at radius 2 is 0.791 bits per heavy atom. The number of nitrogens with one attached hydrogen (secondary N) is 1. The summed E-state index contributed by atoms with van der Waals surface area (Å²) in [5.41, 5.74) is 21.3. The van der Waals surface area contributed by atoms with Crippen LogP contribution in [0.3, 0.4) is 0 Å². The van der Waals surface area contributed by atoms with Crippen molar-refractivity contribution in [3.8, 4) is 55.6 Å². The molecule has 0 saturated carbocycles. The Labute approximate surface area is 399 Å². The van der Waals surface area contributed by atoms with E-state index in [1.165, 1.54) is 70.2 Å². The number of aryl methyl sites for hydroxylation is 1. The molecule has 0 heterocycles. The predicted octanol–water partition coefficient (Wildman–Crippen LogP) is 16.3. The molecule has 0 aromatic heterocycles. The van der Waals surface area contributed by atoms with Crippen LogP contribution in [-0.4, -0.2) is 14.1 Å². The van der Waals surface area contributed by atoms with Crippen molar-refractivity contribution in [2.24, 2.45) is 5.10 Å². The van der Waals surface area contributed by atoms with Crippen molar-refractivity contribution in [2.75, 3.05) is 0 Å². The summed E-state index contributed by atoms with van der Waals surface area (Å²) in [7, 11) is -3.95. The average molecular weight is 901 g/mol. The molecule has 0 saturated heterocycles. The first-order valence-electron chi connectivity index (χ1n) is 25.1. The van der Waals surface area contributed by atoms with E-state index < -0.39 is 10.0 Å². The van der Waals surface area contributed by atoms with E-state index >= 15 is 0 Å². The van der Waals surface area contributed by atoms with Gasteiger partial charge in [-0.2, -0.15) is 18.4 Å². The van der Waals surface area contributed by atoms with E-state index in [4.69, 9.17) is 5.10 Å². The van der Waals surface area contributed by atoms with Crippen molar-refractivity contribution in [3.05, 3.63) is 185 Å². The zero-order chi connectivity index (χ0) is 46.3. The SMILES string of the molecule is CCCCC1(CCCC)c2ccccc2-c2ccc(-c3ccc4c(c3)C(=NNS(=O)(=O)c3ccc(C)cc3)c3cc(-c5ccc6c(c5)C(CCCC)(CCCC)c5ccccc5-6)ccc3-4)cc21. The molecular weight excluding hydrogens is 837 g/mol. The van der Waals surface area contributed by atoms with Crippen LogP contribution < -0.4 is 4.83 Å². The second-order valence-electron chi connectivity index (χ2n) is 19.6. The molecule has 7 aromatic rings. The van der Waals surface area contributed by atoms with Gasteiger partial charge in [-0.15, -0.1) is 0 Å². The first-order valence-corrected chi connectivity index (χ1v) is 26.6. The Morgan fingerprint density at radius 1 is 0.418 bits per heavy atom. The molecule has 0 amide bonds. The zero-order valence-corrected chi connectivity index (χ0v) is 40.8. The number of rotatable bonds is 17. The van der Waals surface area contributed by atoms with Crippen molar-refractivity contribution in [2.45, 2.75) is 127 Å². The Hall–Kier alpha value is -6.04. The number of sulfonamides is 1. The summed E-state index contributed by atoms with van der Waals surface area (Å²) >= 11 is 0. The minimum atomic E-state index is -3.95. The maximum absolute atomic E-state index is 13.9. The fourth-order valence-corrected chi connectivity index (χ4v) is 12.8. The average Bonchev–Trinajstić information content (AvgIpc) is 3.93. The van der Waals surface area contributed by atoms with Crippen LogP contribution in [0.5, 0.6) is 0 Å². The lowest BCUT2D eigenvalue weighted by Crippen LogP contribution is -2.25. The van der Waals surface area contributed by atoms with E-state index in [-0.39, 0.29) is 15.7 Å². The van der Waals surface area contributed by atoms with E-state index in [9.17, 15) is 8.42 Å². The van der Waals surface area contributed by atoms with Crippen LogP contribution in [0.15, 0.2) is 156 Å². The molecule has 4 nitrogen and oxygen atoms in total. The molecule has 10 rings (SSSR count). The monoisotopic (exact) mass is 900 g/mol. The molecule has 0 bridgehead atoms. The highest BCUT2D eigenvalue weighted by Gasteiger charge is 2.43. The summed E-state index contributed by atoms with van der Waals surface area (Å²) in [6.07, 6.45) is 13.9. The molecule has 0 atom stereocenters. The van der Waals surface area contributed by atoms with E-state index in [1.807, 2.05) is 19.1 Å². The van der Waals surface area contributed by atoms with Crippen LogP contribution in [0.2, 0.25) is 0 Å². The van der Waals surface area contributed by atoms with E-state index in [1.54, 1.807) is 12.1 Å². The van der Waals surface area contributed by atoms with Gasteiger partial charge < -0.3 is 0 Å². The second kappa shape index (κ2) is 18.2. The standard InChI is InChI=1S/C62H64N2O2S/c1-6-10-34-61(35-11-7-2)56-20-16-14-18-50(56)52-32-26-45(40-58(52)61)43-24-30-48-49-31-25-44(39-55(49)60(54(48)38-43)63-64-67(65,66)47-28-22-42(5)23-29-47)46-27-33-53-51-19-15-17-21-57(51)62(36-12-8-3,37-13-9-4)59(53)41-46/h14-33,38-41,64H,6-13,34-37H2,1-5H3. The van der Waals surface area contributed by atoms with E-state index in [2.05, 4.69) is 154 Å². The van der Waals surface area contributed by atoms with Crippen molar-refractivity contribution < 1.29 is 8.42 Å². The van der Waals surface area contributed by atoms with Gasteiger partial charge in [-0.1, -0.05) is 194 Å². The van der Waals surface area contributed by atoms with Gasteiger partial charge in [0, 0.05) is 22.0 Å². The number of hydrogen-bond donors (Lipinski definition) is 1. The van der Waals surface area contributed by atoms with Gasteiger partial charge in [0.1, 0.15) is 0 Å². The molecule has 1 N–H and O–H groups in total. The molecule has 0 spiro atoms. The number of hydrogen-bond acceptors (Lipinski definition) is 3. The van der Waals surface area contributed by atoms with Crippen LogP contribution in [0.25, 0.3) is 55.6 Å². The maximum Gasteiger partial charge on any atom is 0.276 e. The molecule has 0 aliphatic heterocycles. The number of hydrazone groups is 1. The summed E-state index contributed by atoms with van der Waals surface area (Å²) in [5, 5.41) is 4.88. The lowest BCUT2D eigenvalue weighted by atomic mass is 9.70. The summed E-state index contributed by atoms with van der Waals surface area (Å²) < 4.78 is 27.8. The number of unbranched alkanes of at least 4 members (excludes halogenated alkanes) is 4. The van der Waals surface area contributed by atoms with Gasteiger partial charge in [-0.3, -0.25) is 0 Å². The minimum absolute atomic E-state index is 0.0236. The molecule has 340 valence electrons. The van der Waals surface area contributed by atoms with Gasteiger partial charge in [0.05, 0.1) is 10.6 Å². The summed E-state index contributed by atoms with van der Waals surface area (Å²) in [5.74, 6) is 0. The highest BCUT2D eigenvalue weighted by molar-refractivity contribution is 7.89. The van der Waals surface area contributed by atoms with Gasteiger partial charge >= 0.3 is 0 Å². The molecule has 0 radical (unpaired) electrons. The smallest absolute Gasteiger partial charge is 0.200 e. The summed E-state index contributed by atoms with van der Waals surface area (Å²) in [6.45, 7) is 11.2. The van der Waals surface area contributed by atoms with E-state index in [0.717, 1.165) is 101 Å². The number of benzene rings is 7. The molecule has 67 heavy (non-hydrogen) atoms. The quantitative estimate of drug-likeness (QED) is 0.0926. The lowest BCUT2D eigenvalue weighted by Gasteiger charge is -2.33. The van der Waals surface area contributed by atoms with Crippen LogP contribution in [0.1, 0.15) is 144 Å². The molecular formula is C62H64N2O2S. The fourth-order valence-electron chi connectivity index (χ4n) is 12.0. The predicted molar refractivity (Wildman–Crippen MR) is 280 cm³/mol. The molecule has 0 fully saturated rings. The molecule has 3 aliphatic rings. The van der Waals surface area contributed by atoms with Gasteiger partial charge in [0.15, 0.2) is 0 Å². The second-order valence-corrected chi connectivity index (χ2v) is 21.2. The van der Waals surface area contributed by atoms with Crippen LogP contribution in [-0.2, 0) is 20.9 Å². The minimum Gasteiger partial charge on any atom is -0.200 e. The first kappa shape index (κ1) is 44.8. The molecule has 0 unspecified atom stereocenters. The topological polar surface area (TPSA) is 58.5 Å². The third kappa shape index (κ3) is 7.68. The Bertz CT molecular complexity index is 2950. The highest BCUT2D eigenvalue weighted by Crippen LogP contribution is 2.57.